The molecule has 2 heterocycles. The molecule has 0 aromatic rings. The molecular weight excluding hydrogens is 411 g/mol. The van der Waals surface area contributed by atoms with E-state index in [1.807, 2.05) is 0 Å². The molecule has 141 valence electrons. The van der Waals surface area contributed by atoms with Crippen LogP contribution < -0.4 is 0 Å². The van der Waals surface area contributed by atoms with Gasteiger partial charge in [-0.1, -0.05) is 13.8 Å². The first kappa shape index (κ1) is 21.6. The standard InChI is InChI=1S/C21H38N2O.In/c1-16(2)13-18-14-21(15-18)7-11-23(12-8-21)20(24)19-5-9-22(10-6-19)17(3)4;/h16-19H,5-15H2,1-4H3;. The fourth-order valence-corrected chi connectivity index (χ4v) is 5.53. The van der Waals surface area contributed by atoms with Crippen molar-refractivity contribution in [3.05, 3.63) is 0 Å². The second-order valence-electron chi connectivity index (χ2n) is 9.63. The third-order valence-electron chi connectivity index (χ3n) is 6.99. The van der Waals surface area contributed by atoms with Gasteiger partial charge in [0.05, 0.1) is 0 Å². The third-order valence-corrected chi connectivity index (χ3v) is 6.99. The van der Waals surface area contributed by atoms with E-state index in [2.05, 4.69) is 37.5 Å². The number of rotatable bonds is 4. The number of carbonyl (C=O) groups is 1. The van der Waals surface area contributed by atoms with Gasteiger partial charge < -0.3 is 9.80 Å². The predicted molar refractivity (Wildman–Crippen MR) is 106 cm³/mol. The third kappa shape index (κ3) is 5.18. The number of hydrogen-bond acceptors (Lipinski definition) is 2. The quantitative estimate of drug-likeness (QED) is 0.652. The Hall–Kier alpha value is 0.300. The molecule has 0 aromatic heterocycles. The Morgan fingerprint density at radius 2 is 1.56 bits per heavy atom. The van der Waals surface area contributed by atoms with Crippen LogP contribution >= 0.6 is 0 Å². The zero-order chi connectivity index (χ0) is 17.3. The van der Waals surface area contributed by atoms with Crippen molar-refractivity contribution in [2.24, 2.45) is 23.2 Å². The van der Waals surface area contributed by atoms with Gasteiger partial charge in [0, 0.05) is 50.9 Å². The molecule has 3 fully saturated rings. The zero-order valence-corrected chi connectivity index (χ0v) is 20.3. The maximum atomic E-state index is 12.9. The Labute approximate surface area is 174 Å². The van der Waals surface area contributed by atoms with Crippen molar-refractivity contribution in [2.75, 3.05) is 26.2 Å². The van der Waals surface area contributed by atoms with Crippen LogP contribution in [0, 0.1) is 23.2 Å². The molecule has 0 atom stereocenters. The van der Waals surface area contributed by atoms with Crippen molar-refractivity contribution in [3.8, 4) is 0 Å². The van der Waals surface area contributed by atoms with Gasteiger partial charge in [0.1, 0.15) is 0 Å². The molecule has 1 spiro atoms. The summed E-state index contributed by atoms with van der Waals surface area (Å²) in [6.45, 7) is 13.5. The Morgan fingerprint density at radius 3 is 2.04 bits per heavy atom. The van der Waals surface area contributed by atoms with Gasteiger partial charge in [-0.25, -0.2) is 0 Å². The summed E-state index contributed by atoms with van der Waals surface area (Å²) in [5.41, 5.74) is 0.608. The molecule has 1 amide bonds. The van der Waals surface area contributed by atoms with Crippen molar-refractivity contribution < 1.29 is 4.79 Å². The molecule has 0 N–H and O–H groups in total. The van der Waals surface area contributed by atoms with E-state index in [4.69, 9.17) is 0 Å². The van der Waals surface area contributed by atoms with Gasteiger partial charge in [0.2, 0.25) is 5.91 Å². The summed E-state index contributed by atoms with van der Waals surface area (Å²) in [6.07, 6.45) is 8.92. The molecule has 0 aromatic carbocycles. The van der Waals surface area contributed by atoms with E-state index in [1.54, 1.807) is 0 Å². The molecule has 1 saturated carbocycles. The number of hydrogen-bond donors (Lipinski definition) is 0. The smallest absolute Gasteiger partial charge is 0.225 e. The van der Waals surface area contributed by atoms with E-state index in [-0.39, 0.29) is 25.8 Å². The number of nitrogens with zero attached hydrogens (tertiary/aromatic N) is 2. The molecule has 0 unspecified atom stereocenters. The van der Waals surface area contributed by atoms with Gasteiger partial charge in [-0.05, 0) is 89.1 Å². The van der Waals surface area contributed by atoms with E-state index < -0.39 is 0 Å². The first-order chi connectivity index (χ1) is 11.4. The molecular formula is C21H38InN2O. The molecule has 3 nitrogen and oxygen atoms in total. The van der Waals surface area contributed by atoms with Crippen LogP contribution in [0.15, 0.2) is 0 Å². The summed E-state index contributed by atoms with van der Waals surface area (Å²) in [4.78, 5) is 17.6. The molecule has 25 heavy (non-hydrogen) atoms. The molecule has 2 aliphatic heterocycles. The van der Waals surface area contributed by atoms with Gasteiger partial charge in [-0.3, -0.25) is 4.79 Å². The molecule has 3 rings (SSSR count). The molecule has 0 bridgehead atoms. The number of carbonyl (C=O) groups excluding carboxylic acids is 1. The van der Waals surface area contributed by atoms with Gasteiger partial charge in [-0.2, -0.15) is 0 Å². The van der Waals surface area contributed by atoms with Crippen molar-refractivity contribution in [2.45, 2.75) is 78.7 Å². The van der Waals surface area contributed by atoms with E-state index in [1.165, 1.54) is 32.1 Å². The summed E-state index contributed by atoms with van der Waals surface area (Å²) >= 11 is 0. The number of piperidine rings is 2. The largest absolute Gasteiger partial charge is 0.342 e. The van der Waals surface area contributed by atoms with Gasteiger partial charge in [0.15, 0.2) is 0 Å². The maximum Gasteiger partial charge on any atom is 0.225 e. The number of amides is 1. The van der Waals surface area contributed by atoms with Crippen molar-refractivity contribution >= 4 is 31.8 Å². The van der Waals surface area contributed by atoms with Crippen LogP contribution in [-0.4, -0.2) is 73.8 Å². The van der Waals surface area contributed by atoms with Crippen molar-refractivity contribution in [1.82, 2.24) is 9.80 Å². The molecule has 3 aliphatic rings. The second kappa shape index (κ2) is 8.99. The minimum Gasteiger partial charge on any atom is -0.342 e. The van der Waals surface area contributed by atoms with Crippen molar-refractivity contribution in [1.29, 1.82) is 0 Å². The summed E-state index contributed by atoms with van der Waals surface area (Å²) < 4.78 is 0. The molecule has 2 saturated heterocycles. The van der Waals surface area contributed by atoms with Crippen LogP contribution in [0.4, 0.5) is 0 Å². The van der Waals surface area contributed by atoms with Crippen LogP contribution in [0.25, 0.3) is 0 Å². The predicted octanol–water partition coefficient (Wildman–Crippen LogP) is 3.79. The zero-order valence-electron chi connectivity index (χ0n) is 17.0. The van der Waals surface area contributed by atoms with Crippen LogP contribution in [-0.2, 0) is 4.79 Å². The maximum absolute atomic E-state index is 12.9. The summed E-state index contributed by atoms with van der Waals surface area (Å²) in [5, 5.41) is 0. The van der Waals surface area contributed by atoms with E-state index in [9.17, 15) is 4.79 Å². The average molecular weight is 449 g/mol. The summed E-state index contributed by atoms with van der Waals surface area (Å²) in [5.74, 6) is 2.56. The molecule has 4 heteroatoms. The van der Waals surface area contributed by atoms with Gasteiger partial charge >= 0.3 is 0 Å². The average Bonchev–Trinajstić information content (AvgIpc) is 2.53. The molecule has 3 radical (unpaired) electrons. The van der Waals surface area contributed by atoms with Crippen LogP contribution in [0.5, 0.6) is 0 Å². The van der Waals surface area contributed by atoms with Crippen LogP contribution in [0.1, 0.15) is 72.6 Å². The van der Waals surface area contributed by atoms with Gasteiger partial charge in [-0.15, -0.1) is 0 Å². The Balaban J connectivity index is 0.00000225. The normalized spacial score (nSPS) is 25.3. The fraction of sp³-hybridized carbons (Fsp3) is 0.952. The van der Waals surface area contributed by atoms with Crippen molar-refractivity contribution in [3.63, 3.8) is 0 Å². The Bertz CT molecular complexity index is 427. The minimum atomic E-state index is 0. The summed E-state index contributed by atoms with van der Waals surface area (Å²) in [7, 11) is 0. The fourth-order valence-electron chi connectivity index (χ4n) is 5.53. The molecule has 1 aliphatic carbocycles. The first-order valence-electron chi connectivity index (χ1n) is 10.4. The van der Waals surface area contributed by atoms with Crippen LogP contribution in [0.3, 0.4) is 0 Å². The number of likely N-dealkylation sites (tertiary alicyclic amines) is 2. The van der Waals surface area contributed by atoms with E-state index >= 15 is 0 Å². The summed E-state index contributed by atoms with van der Waals surface area (Å²) in [6, 6.07) is 0.619. The topological polar surface area (TPSA) is 23.6 Å². The Kier molecular flexibility index (Phi) is 7.77. The SMILES string of the molecule is CC(C)CC1CC2(CCN(C(=O)C3CCN(C(C)C)CC3)CC2)C1.[In]. The minimum absolute atomic E-state index is 0. The van der Waals surface area contributed by atoms with E-state index in [0.717, 1.165) is 50.9 Å². The van der Waals surface area contributed by atoms with Gasteiger partial charge in [0.25, 0.3) is 0 Å². The second-order valence-corrected chi connectivity index (χ2v) is 9.63. The monoisotopic (exact) mass is 449 g/mol. The first-order valence-corrected chi connectivity index (χ1v) is 10.4. The van der Waals surface area contributed by atoms with Crippen LogP contribution in [0.2, 0.25) is 0 Å². The van der Waals surface area contributed by atoms with E-state index in [0.29, 0.717) is 23.3 Å². The Morgan fingerprint density at radius 1 is 1.00 bits per heavy atom.